The minimum absolute atomic E-state index is 0.109. The van der Waals surface area contributed by atoms with E-state index in [2.05, 4.69) is 10.3 Å². The van der Waals surface area contributed by atoms with E-state index in [-0.39, 0.29) is 21.7 Å². The number of hydrogen-bond acceptors (Lipinski definition) is 6. The van der Waals surface area contributed by atoms with E-state index in [1.54, 1.807) is 12.1 Å². The average molecular weight is 435 g/mol. The number of sulfone groups is 1. The number of hydrogen-bond donors (Lipinski definition) is 1. The molecule has 4 rings (SSSR count). The van der Waals surface area contributed by atoms with Crippen LogP contribution in [0.2, 0.25) is 0 Å². The number of nitrogens with zero attached hydrogens (tertiary/aromatic N) is 1. The molecule has 0 aliphatic rings. The minimum Gasteiger partial charge on any atom is -0.497 e. The first-order valence-corrected chi connectivity index (χ1v) is 11.2. The van der Waals surface area contributed by atoms with Crippen molar-refractivity contribution in [3.63, 3.8) is 0 Å². The fourth-order valence-electron chi connectivity index (χ4n) is 3.17. The highest BCUT2D eigenvalue weighted by atomic mass is 32.2. The number of aromatic nitrogens is 1. The predicted octanol–water partition coefficient (Wildman–Crippen LogP) is 5.10. The van der Waals surface area contributed by atoms with Crippen LogP contribution in [0.1, 0.15) is 11.1 Å². The van der Waals surface area contributed by atoms with Gasteiger partial charge >= 0.3 is 0 Å². The number of rotatable bonds is 7. The summed E-state index contributed by atoms with van der Waals surface area (Å²) in [6.45, 7) is 2.32. The molecule has 0 saturated heterocycles. The predicted molar refractivity (Wildman–Crippen MR) is 119 cm³/mol. The zero-order valence-electron chi connectivity index (χ0n) is 17.2. The van der Waals surface area contributed by atoms with Crippen molar-refractivity contribution in [3.05, 3.63) is 90.0 Å². The molecule has 7 heteroatoms. The van der Waals surface area contributed by atoms with Crippen LogP contribution < -0.4 is 10.1 Å². The molecule has 0 amide bonds. The Kier molecular flexibility index (Phi) is 5.77. The summed E-state index contributed by atoms with van der Waals surface area (Å²) in [5.41, 5.74) is 2.66. The maximum absolute atomic E-state index is 13.4. The van der Waals surface area contributed by atoms with E-state index in [4.69, 9.17) is 9.15 Å². The molecular formula is C24H22N2O4S. The van der Waals surface area contributed by atoms with E-state index in [0.29, 0.717) is 12.3 Å². The topological polar surface area (TPSA) is 81.4 Å². The zero-order chi connectivity index (χ0) is 21.8. The molecule has 6 nitrogen and oxygen atoms in total. The van der Waals surface area contributed by atoms with Crippen molar-refractivity contribution in [3.8, 4) is 17.2 Å². The normalized spacial score (nSPS) is 11.3. The molecule has 0 spiro atoms. The Morgan fingerprint density at radius 3 is 2.29 bits per heavy atom. The Hall–Kier alpha value is -3.58. The van der Waals surface area contributed by atoms with Gasteiger partial charge in [-0.05, 0) is 48.4 Å². The molecule has 0 atom stereocenters. The third-order valence-electron chi connectivity index (χ3n) is 4.89. The Labute approximate surface area is 181 Å². The Balaban J connectivity index is 1.77. The first-order chi connectivity index (χ1) is 15.0. The van der Waals surface area contributed by atoms with E-state index in [1.165, 1.54) is 19.2 Å². The van der Waals surface area contributed by atoms with Crippen LogP contribution in [0.4, 0.5) is 5.88 Å². The van der Waals surface area contributed by atoms with Gasteiger partial charge in [-0.15, -0.1) is 0 Å². The number of methoxy groups -OCH3 is 1. The molecule has 0 aliphatic carbocycles. The molecule has 158 valence electrons. The number of oxazole rings is 1. The van der Waals surface area contributed by atoms with Crippen molar-refractivity contribution in [1.82, 2.24) is 4.98 Å². The van der Waals surface area contributed by atoms with Crippen molar-refractivity contribution >= 4 is 15.7 Å². The van der Waals surface area contributed by atoms with Crippen molar-refractivity contribution in [2.45, 2.75) is 23.4 Å². The fraction of sp³-hybridized carbons (Fsp3) is 0.125. The summed E-state index contributed by atoms with van der Waals surface area (Å²) in [7, 11) is -2.39. The molecule has 1 N–H and O–H groups in total. The van der Waals surface area contributed by atoms with Crippen LogP contribution >= 0.6 is 0 Å². The summed E-state index contributed by atoms with van der Waals surface area (Å²) in [6.07, 6.45) is 0. The van der Waals surface area contributed by atoms with E-state index < -0.39 is 9.84 Å². The molecule has 0 saturated carbocycles. The van der Waals surface area contributed by atoms with Crippen LogP contribution in [0.25, 0.3) is 11.5 Å². The van der Waals surface area contributed by atoms with Gasteiger partial charge in [-0.1, -0.05) is 48.5 Å². The van der Waals surface area contributed by atoms with Crippen molar-refractivity contribution in [1.29, 1.82) is 0 Å². The molecule has 3 aromatic carbocycles. The number of benzene rings is 3. The van der Waals surface area contributed by atoms with Gasteiger partial charge in [0, 0.05) is 12.1 Å². The van der Waals surface area contributed by atoms with Crippen LogP contribution in [0.3, 0.4) is 0 Å². The Morgan fingerprint density at radius 2 is 1.61 bits per heavy atom. The summed E-state index contributed by atoms with van der Waals surface area (Å²) in [6, 6.07) is 23.4. The lowest BCUT2D eigenvalue weighted by Crippen LogP contribution is -2.07. The standard InChI is InChI=1S/C24H22N2O4S/c1-17-8-6-7-11-21(17)22-26-24(23(30-22)25-16-18-9-4-3-5-10-18)31(27,28)20-14-12-19(29-2)13-15-20/h3-15,25H,16H2,1-2H3. The van der Waals surface area contributed by atoms with Crippen LogP contribution in [-0.4, -0.2) is 20.5 Å². The minimum atomic E-state index is -3.92. The lowest BCUT2D eigenvalue weighted by Gasteiger charge is -2.07. The highest BCUT2D eigenvalue weighted by molar-refractivity contribution is 7.91. The Bertz CT molecular complexity index is 1280. The number of ether oxygens (including phenoxy) is 1. The highest BCUT2D eigenvalue weighted by Crippen LogP contribution is 2.34. The molecular weight excluding hydrogens is 412 g/mol. The number of nitrogens with one attached hydrogen (secondary N) is 1. The summed E-state index contributed by atoms with van der Waals surface area (Å²) in [5, 5.41) is 2.96. The lowest BCUT2D eigenvalue weighted by molar-refractivity contribution is 0.414. The van der Waals surface area contributed by atoms with Crippen molar-refractivity contribution < 1.29 is 17.6 Å². The van der Waals surface area contributed by atoms with Gasteiger partial charge in [-0.2, -0.15) is 4.98 Å². The molecule has 0 radical (unpaired) electrons. The number of aryl methyl sites for hydroxylation is 1. The first kappa shape index (κ1) is 20.7. The highest BCUT2D eigenvalue weighted by Gasteiger charge is 2.29. The summed E-state index contributed by atoms with van der Waals surface area (Å²) in [5.74, 6) is 0.931. The van der Waals surface area contributed by atoms with Crippen molar-refractivity contribution in [2.75, 3.05) is 12.4 Å². The quantitative estimate of drug-likeness (QED) is 0.436. The molecule has 0 fully saturated rings. The third kappa shape index (κ3) is 4.32. The smallest absolute Gasteiger partial charge is 0.234 e. The average Bonchev–Trinajstić information content (AvgIpc) is 3.23. The lowest BCUT2D eigenvalue weighted by atomic mass is 10.1. The first-order valence-electron chi connectivity index (χ1n) is 9.73. The van der Waals surface area contributed by atoms with Gasteiger partial charge in [0.1, 0.15) is 5.75 Å². The maximum atomic E-state index is 13.4. The second-order valence-electron chi connectivity index (χ2n) is 6.99. The second-order valence-corrected chi connectivity index (χ2v) is 8.85. The molecule has 4 aromatic rings. The van der Waals surface area contributed by atoms with Crippen LogP contribution in [-0.2, 0) is 16.4 Å². The molecule has 0 unspecified atom stereocenters. The molecule has 0 aliphatic heterocycles. The molecule has 31 heavy (non-hydrogen) atoms. The van der Waals surface area contributed by atoms with E-state index >= 15 is 0 Å². The van der Waals surface area contributed by atoms with Gasteiger partial charge in [-0.25, -0.2) is 8.42 Å². The van der Waals surface area contributed by atoms with Gasteiger partial charge in [0.2, 0.25) is 26.6 Å². The van der Waals surface area contributed by atoms with E-state index in [1.807, 2.05) is 61.5 Å². The van der Waals surface area contributed by atoms with E-state index in [0.717, 1.165) is 16.7 Å². The zero-order valence-corrected chi connectivity index (χ0v) is 18.0. The summed E-state index contributed by atoms with van der Waals surface area (Å²) < 4.78 is 37.8. The van der Waals surface area contributed by atoms with Crippen LogP contribution in [0.15, 0.2) is 93.2 Å². The van der Waals surface area contributed by atoms with Gasteiger partial charge in [0.05, 0.1) is 12.0 Å². The second kappa shape index (κ2) is 8.65. The largest absolute Gasteiger partial charge is 0.497 e. The fourth-order valence-corrected chi connectivity index (χ4v) is 4.45. The SMILES string of the molecule is COc1ccc(S(=O)(=O)c2nc(-c3ccccc3C)oc2NCc2ccccc2)cc1. The summed E-state index contributed by atoms with van der Waals surface area (Å²) in [4.78, 5) is 4.51. The van der Waals surface area contributed by atoms with Gasteiger partial charge in [0.25, 0.3) is 0 Å². The van der Waals surface area contributed by atoms with E-state index in [9.17, 15) is 8.42 Å². The molecule has 1 aromatic heterocycles. The van der Waals surface area contributed by atoms with Gasteiger partial charge in [-0.3, -0.25) is 0 Å². The Morgan fingerprint density at radius 1 is 0.935 bits per heavy atom. The third-order valence-corrected chi connectivity index (χ3v) is 6.57. The summed E-state index contributed by atoms with van der Waals surface area (Å²) >= 11 is 0. The monoisotopic (exact) mass is 434 g/mol. The van der Waals surface area contributed by atoms with Gasteiger partial charge < -0.3 is 14.5 Å². The van der Waals surface area contributed by atoms with Crippen molar-refractivity contribution in [2.24, 2.45) is 0 Å². The maximum Gasteiger partial charge on any atom is 0.234 e. The van der Waals surface area contributed by atoms with Gasteiger partial charge in [0.15, 0.2) is 0 Å². The molecule has 0 bridgehead atoms. The number of anilines is 1. The molecule has 1 heterocycles. The van der Waals surface area contributed by atoms with Crippen LogP contribution in [0.5, 0.6) is 5.75 Å². The van der Waals surface area contributed by atoms with Crippen LogP contribution in [0, 0.1) is 6.92 Å².